The third-order valence-corrected chi connectivity index (χ3v) is 5.16. The van der Waals surface area contributed by atoms with Crippen molar-refractivity contribution in [3.8, 4) is 0 Å². The molecule has 2 atom stereocenters. The highest BCUT2D eigenvalue weighted by Gasteiger charge is 2.36. The van der Waals surface area contributed by atoms with E-state index in [4.69, 9.17) is 4.74 Å². The van der Waals surface area contributed by atoms with Gasteiger partial charge in [-0.3, -0.25) is 0 Å². The molecule has 1 amide bonds. The zero-order valence-electron chi connectivity index (χ0n) is 16.0. The van der Waals surface area contributed by atoms with Gasteiger partial charge < -0.3 is 19.5 Å². The van der Waals surface area contributed by atoms with Gasteiger partial charge in [-0.1, -0.05) is 12.8 Å². The van der Waals surface area contributed by atoms with Crippen LogP contribution in [0.2, 0.25) is 0 Å². The number of aromatic nitrogens is 2. The zero-order chi connectivity index (χ0) is 18.0. The second-order valence-electron chi connectivity index (χ2n) is 8.60. The topological polar surface area (TPSA) is 59.4 Å². The minimum atomic E-state index is -0.434. The van der Waals surface area contributed by atoms with Gasteiger partial charge in [-0.05, 0) is 45.4 Å². The summed E-state index contributed by atoms with van der Waals surface area (Å²) in [5.74, 6) is 2.40. The first kappa shape index (κ1) is 18.2. The number of nitrogens with zero attached hydrogens (tertiary/aromatic N) is 3. The molecule has 6 heteroatoms. The molecule has 3 rings (SSSR count). The molecule has 2 aliphatic rings. The largest absolute Gasteiger partial charge is 0.444 e. The fourth-order valence-electron chi connectivity index (χ4n) is 3.60. The van der Waals surface area contributed by atoms with Crippen LogP contribution in [-0.2, 0) is 18.3 Å². The monoisotopic (exact) mass is 348 g/mol. The van der Waals surface area contributed by atoms with Crippen molar-refractivity contribution in [1.82, 2.24) is 19.8 Å². The minimum Gasteiger partial charge on any atom is -0.444 e. The number of likely N-dealkylation sites (tertiary alicyclic amines) is 1. The summed E-state index contributed by atoms with van der Waals surface area (Å²) in [4.78, 5) is 18.7. The van der Waals surface area contributed by atoms with E-state index in [1.807, 2.05) is 45.1 Å². The number of piperidine rings is 1. The molecule has 140 valence electrons. The number of aryl methyl sites for hydroxylation is 1. The molecule has 1 aliphatic heterocycles. The van der Waals surface area contributed by atoms with Crippen LogP contribution < -0.4 is 5.32 Å². The second-order valence-corrected chi connectivity index (χ2v) is 8.60. The summed E-state index contributed by atoms with van der Waals surface area (Å²) in [6.07, 6.45) is 8.51. The summed E-state index contributed by atoms with van der Waals surface area (Å²) in [5, 5.41) is 3.69. The van der Waals surface area contributed by atoms with E-state index in [1.165, 1.54) is 19.3 Å². The van der Waals surface area contributed by atoms with Gasteiger partial charge >= 0.3 is 6.09 Å². The molecule has 2 heterocycles. The smallest absolute Gasteiger partial charge is 0.410 e. The molecule has 2 unspecified atom stereocenters. The Morgan fingerprint density at radius 1 is 1.36 bits per heavy atom. The van der Waals surface area contributed by atoms with Crippen molar-refractivity contribution in [3.05, 3.63) is 18.2 Å². The number of hydrogen-bond acceptors (Lipinski definition) is 4. The lowest BCUT2D eigenvalue weighted by atomic mass is 9.87. The normalized spacial score (nSPS) is 24.4. The van der Waals surface area contributed by atoms with Crippen LogP contribution in [0, 0.1) is 11.8 Å². The maximum Gasteiger partial charge on any atom is 0.410 e. The van der Waals surface area contributed by atoms with E-state index in [2.05, 4.69) is 14.9 Å². The van der Waals surface area contributed by atoms with Crippen molar-refractivity contribution < 1.29 is 9.53 Å². The molecule has 2 fully saturated rings. The Kier molecular flexibility index (Phi) is 5.37. The Bertz CT molecular complexity index is 588. The van der Waals surface area contributed by atoms with Crippen molar-refractivity contribution in [3.63, 3.8) is 0 Å². The molecule has 1 aromatic heterocycles. The minimum absolute atomic E-state index is 0.171. The first-order valence-corrected chi connectivity index (χ1v) is 9.49. The average Bonchev–Trinajstić information content (AvgIpc) is 3.24. The van der Waals surface area contributed by atoms with Crippen LogP contribution in [0.3, 0.4) is 0 Å². The zero-order valence-corrected chi connectivity index (χ0v) is 16.0. The number of nitrogens with one attached hydrogen (secondary N) is 1. The quantitative estimate of drug-likeness (QED) is 0.889. The van der Waals surface area contributed by atoms with Gasteiger partial charge in [0.1, 0.15) is 11.4 Å². The van der Waals surface area contributed by atoms with Gasteiger partial charge in [-0.2, -0.15) is 0 Å². The van der Waals surface area contributed by atoms with Crippen molar-refractivity contribution in [2.75, 3.05) is 13.1 Å². The van der Waals surface area contributed by atoms with Crippen LogP contribution in [0.1, 0.15) is 52.3 Å². The highest BCUT2D eigenvalue weighted by atomic mass is 16.6. The van der Waals surface area contributed by atoms with Crippen LogP contribution in [0.25, 0.3) is 0 Å². The molecule has 25 heavy (non-hydrogen) atoms. The number of carbonyl (C=O) groups is 1. The lowest BCUT2D eigenvalue weighted by Crippen LogP contribution is -2.52. The van der Waals surface area contributed by atoms with E-state index >= 15 is 0 Å². The van der Waals surface area contributed by atoms with Gasteiger partial charge in [0.2, 0.25) is 0 Å². The van der Waals surface area contributed by atoms with Gasteiger partial charge in [0.15, 0.2) is 0 Å². The number of ether oxygens (including phenoxy) is 1. The van der Waals surface area contributed by atoms with Crippen molar-refractivity contribution >= 4 is 6.09 Å². The highest BCUT2D eigenvalue weighted by molar-refractivity contribution is 5.68. The summed E-state index contributed by atoms with van der Waals surface area (Å²) in [7, 11) is 2.02. The van der Waals surface area contributed by atoms with E-state index in [9.17, 15) is 4.79 Å². The fraction of sp³-hybridized carbons (Fsp3) is 0.789. The Morgan fingerprint density at radius 3 is 2.72 bits per heavy atom. The number of rotatable bonds is 5. The maximum absolute atomic E-state index is 12.4. The third kappa shape index (κ3) is 5.21. The summed E-state index contributed by atoms with van der Waals surface area (Å²) in [6.45, 7) is 8.11. The number of amides is 1. The summed E-state index contributed by atoms with van der Waals surface area (Å²) < 4.78 is 7.62. The first-order valence-electron chi connectivity index (χ1n) is 9.49. The fourth-order valence-corrected chi connectivity index (χ4v) is 3.60. The summed E-state index contributed by atoms with van der Waals surface area (Å²) >= 11 is 0. The van der Waals surface area contributed by atoms with Gasteiger partial charge in [-0.15, -0.1) is 0 Å². The Hall–Kier alpha value is -1.56. The van der Waals surface area contributed by atoms with Crippen LogP contribution >= 0.6 is 0 Å². The predicted octanol–water partition coefficient (Wildman–Crippen LogP) is 2.94. The number of hydrogen-bond donors (Lipinski definition) is 1. The molecule has 0 aromatic carbocycles. The van der Waals surface area contributed by atoms with Crippen LogP contribution in [-0.4, -0.2) is 45.3 Å². The Balaban J connectivity index is 1.58. The molecule has 1 N–H and O–H groups in total. The SMILES string of the molecule is Cn1ccnc1CNC1CCN(C(=O)OC(C)(C)C)CC1CC1CC1. The predicted molar refractivity (Wildman–Crippen MR) is 97.1 cm³/mol. The number of imidazole rings is 1. The van der Waals surface area contributed by atoms with Crippen LogP contribution in [0.5, 0.6) is 0 Å². The molecule has 0 spiro atoms. The average molecular weight is 348 g/mol. The molecule has 1 aromatic rings. The van der Waals surface area contributed by atoms with Gasteiger partial charge in [0, 0.05) is 38.6 Å². The van der Waals surface area contributed by atoms with E-state index in [-0.39, 0.29) is 6.09 Å². The molecule has 0 radical (unpaired) electrons. The molecular formula is C19H32N4O2. The van der Waals surface area contributed by atoms with Crippen molar-refractivity contribution in [1.29, 1.82) is 0 Å². The van der Waals surface area contributed by atoms with Crippen LogP contribution in [0.15, 0.2) is 12.4 Å². The maximum atomic E-state index is 12.4. The van der Waals surface area contributed by atoms with Gasteiger partial charge in [0.25, 0.3) is 0 Å². The van der Waals surface area contributed by atoms with Crippen molar-refractivity contribution in [2.45, 2.75) is 64.6 Å². The Labute approximate surface area is 150 Å². The highest BCUT2D eigenvalue weighted by Crippen LogP contribution is 2.38. The third-order valence-electron chi connectivity index (χ3n) is 5.16. The number of carbonyl (C=O) groups excluding carboxylic acids is 1. The van der Waals surface area contributed by atoms with E-state index in [1.54, 1.807) is 0 Å². The Morgan fingerprint density at radius 2 is 2.12 bits per heavy atom. The van der Waals surface area contributed by atoms with Gasteiger partial charge in [0.05, 0.1) is 6.54 Å². The molecular weight excluding hydrogens is 316 g/mol. The molecule has 1 saturated heterocycles. The van der Waals surface area contributed by atoms with E-state index in [0.29, 0.717) is 12.0 Å². The molecule has 1 aliphatic carbocycles. The lowest BCUT2D eigenvalue weighted by molar-refractivity contribution is 0.0120. The van der Waals surface area contributed by atoms with Gasteiger partial charge in [-0.25, -0.2) is 9.78 Å². The van der Waals surface area contributed by atoms with E-state index in [0.717, 1.165) is 37.8 Å². The lowest BCUT2D eigenvalue weighted by Gasteiger charge is -2.39. The summed E-state index contributed by atoms with van der Waals surface area (Å²) in [6, 6.07) is 0.441. The second kappa shape index (κ2) is 7.36. The van der Waals surface area contributed by atoms with Crippen LogP contribution in [0.4, 0.5) is 4.79 Å². The molecule has 1 saturated carbocycles. The molecule has 6 nitrogen and oxygen atoms in total. The first-order chi connectivity index (χ1) is 11.8. The molecule has 0 bridgehead atoms. The summed E-state index contributed by atoms with van der Waals surface area (Å²) in [5.41, 5.74) is -0.434. The van der Waals surface area contributed by atoms with Crippen molar-refractivity contribution in [2.24, 2.45) is 18.9 Å². The standard InChI is InChI=1S/C19H32N4O2/c1-19(2,3)25-18(24)23-9-7-16(15(13-23)11-14-5-6-14)21-12-17-20-8-10-22(17)4/h8,10,14-16,21H,5-7,9,11-13H2,1-4H3. The van der Waals surface area contributed by atoms with E-state index < -0.39 is 5.60 Å².